The number of alkyl halides is 3. The van der Waals surface area contributed by atoms with Gasteiger partial charge in [-0.25, -0.2) is 0 Å². The molecule has 0 bridgehead atoms. The molecule has 1 rings (SSSR count). The Bertz CT molecular complexity index is 342. The van der Waals surface area contributed by atoms with Crippen LogP contribution in [0.1, 0.15) is 0 Å². The topological polar surface area (TPSA) is 33.0 Å². The molecule has 0 N–H and O–H groups in total. The van der Waals surface area contributed by atoms with Crippen LogP contribution in [0.25, 0.3) is 0 Å². The molecule has 2 nitrogen and oxygen atoms in total. The summed E-state index contributed by atoms with van der Waals surface area (Å²) in [5, 5.41) is 8.29. The number of halogens is 3. The molecular weight excluding hydrogens is 207 g/mol. The van der Waals surface area contributed by atoms with E-state index in [1.165, 1.54) is 12.1 Å². The van der Waals surface area contributed by atoms with E-state index >= 15 is 0 Å². The lowest BCUT2D eigenvalue weighted by molar-refractivity contribution is -0.165. The number of hydrogen-bond donors (Lipinski definition) is 0. The second-order valence-corrected chi connectivity index (χ2v) is 2.85. The lowest BCUT2D eigenvalue weighted by atomic mass is 10.2. The van der Waals surface area contributed by atoms with Gasteiger partial charge >= 0.3 is 6.18 Å². The molecule has 0 spiro atoms. The average molecular weight is 215 g/mol. The summed E-state index contributed by atoms with van der Waals surface area (Å²) in [5.74, 6) is -1.76. The zero-order chi connectivity index (χ0) is 11.3. The molecule has 15 heavy (non-hydrogen) atoms. The molecule has 0 saturated carbocycles. The van der Waals surface area contributed by atoms with E-state index in [0.717, 1.165) is 6.07 Å². The van der Waals surface area contributed by atoms with Crippen LogP contribution in [0.5, 0.6) is 5.75 Å². The third-order valence-electron chi connectivity index (χ3n) is 1.71. The Morgan fingerprint density at radius 2 is 1.87 bits per heavy atom. The highest BCUT2D eigenvalue weighted by atomic mass is 19.4. The Labute approximate surface area is 84.9 Å². The molecule has 1 aromatic rings. The predicted molar refractivity (Wildman–Crippen MR) is 47.1 cm³/mol. The molecule has 0 radical (unpaired) electrons. The van der Waals surface area contributed by atoms with Crippen molar-refractivity contribution in [3.63, 3.8) is 0 Å². The molecule has 0 amide bonds. The van der Waals surface area contributed by atoms with E-state index in [4.69, 9.17) is 10.00 Å². The standard InChI is InChI=1S/C10H8F3NO/c11-10(12,13)8(6-14)7-15-9-4-2-1-3-5-9/h1-5,8H,7H2. The van der Waals surface area contributed by atoms with Crippen molar-refractivity contribution in [1.82, 2.24) is 0 Å². The average Bonchev–Trinajstić information content (AvgIpc) is 2.18. The number of hydrogen-bond acceptors (Lipinski definition) is 2. The highest BCUT2D eigenvalue weighted by Crippen LogP contribution is 2.26. The van der Waals surface area contributed by atoms with Gasteiger partial charge in [-0.15, -0.1) is 0 Å². The molecule has 1 unspecified atom stereocenters. The van der Waals surface area contributed by atoms with Crippen LogP contribution in [0.2, 0.25) is 0 Å². The lowest BCUT2D eigenvalue weighted by Crippen LogP contribution is -2.27. The van der Waals surface area contributed by atoms with E-state index in [-0.39, 0.29) is 0 Å². The number of nitriles is 1. The van der Waals surface area contributed by atoms with Gasteiger partial charge in [-0.3, -0.25) is 0 Å². The van der Waals surface area contributed by atoms with Gasteiger partial charge in [0.05, 0.1) is 6.07 Å². The second-order valence-electron chi connectivity index (χ2n) is 2.85. The van der Waals surface area contributed by atoms with Gasteiger partial charge in [0.25, 0.3) is 0 Å². The molecule has 1 atom stereocenters. The first-order valence-electron chi connectivity index (χ1n) is 4.18. The maximum atomic E-state index is 12.1. The van der Waals surface area contributed by atoms with E-state index in [0.29, 0.717) is 5.75 Å². The lowest BCUT2D eigenvalue weighted by Gasteiger charge is -2.13. The third-order valence-corrected chi connectivity index (χ3v) is 1.71. The summed E-state index contributed by atoms with van der Waals surface area (Å²) in [6.07, 6.45) is -4.54. The molecule has 0 aliphatic carbocycles. The molecule has 0 fully saturated rings. The highest BCUT2D eigenvalue weighted by Gasteiger charge is 2.40. The quantitative estimate of drug-likeness (QED) is 0.776. The fourth-order valence-electron chi connectivity index (χ4n) is 0.901. The minimum absolute atomic E-state index is 0.321. The zero-order valence-electron chi connectivity index (χ0n) is 7.66. The van der Waals surface area contributed by atoms with Crippen LogP contribution in [0.4, 0.5) is 13.2 Å². The Morgan fingerprint density at radius 1 is 1.27 bits per heavy atom. The van der Waals surface area contributed by atoms with Crippen molar-refractivity contribution < 1.29 is 17.9 Å². The second kappa shape index (κ2) is 4.69. The van der Waals surface area contributed by atoms with Crippen molar-refractivity contribution in [2.45, 2.75) is 6.18 Å². The van der Waals surface area contributed by atoms with E-state index in [1.54, 1.807) is 18.2 Å². The van der Waals surface area contributed by atoms with Gasteiger partial charge in [-0.05, 0) is 12.1 Å². The molecule has 80 valence electrons. The molecule has 0 aliphatic heterocycles. The fourth-order valence-corrected chi connectivity index (χ4v) is 0.901. The van der Waals surface area contributed by atoms with Crippen LogP contribution in [0.15, 0.2) is 30.3 Å². The molecule has 1 aromatic carbocycles. The summed E-state index contributed by atoms with van der Waals surface area (Å²) < 4.78 is 41.2. The zero-order valence-corrected chi connectivity index (χ0v) is 7.66. The normalized spacial score (nSPS) is 12.9. The maximum Gasteiger partial charge on any atom is 0.407 e. The van der Waals surface area contributed by atoms with Gasteiger partial charge in [0.1, 0.15) is 12.4 Å². The van der Waals surface area contributed by atoms with Gasteiger partial charge < -0.3 is 4.74 Å². The summed E-state index contributed by atoms with van der Waals surface area (Å²) in [5.41, 5.74) is 0. The number of para-hydroxylation sites is 1. The fraction of sp³-hybridized carbons (Fsp3) is 0.300. The van der Waals surface area contributed by atoms with Crippen LogP contribution in [0.3, 0.4) is 0 Å². The first-order valence-corrected chi connectivity index (χ1v) is 4.18. The van der Waals surface area contributed by atoms with Crippen molar-refractivity contribution in [1.29, 1.82) is 5.26 Å². The Kier molecular flexibility index (Phi) is 3.56. The van der Waals surface area contributed by atoms with E-state index in [2.05, 4.69) is 0 Å². The first-order chi connectivity index (χ1) is 7.04. The summed E-state index contributed by atoms with van der Waals surface area (Å²) in [6.45, 7) is -0.677. The number of benzene rings is 1. The van der Waals surface area contributed by atoms with Crippen LogP contribution in [-0.4, -0.2) is 12.8 Å². The van der Waals surface area contributed by atoms with Crippen molar-refractivity contribution >= 4 is 0 Å². The molecule has 5 heteroatoms. The van der Waals surface area contributed by atoms with E-state index in [1.807, 2.05) is 0 Å². The summed E-state index contributed by atoms with van der Waals surface area (Å²) in [7, 11) is 0. The minimum Gasteiger partial charge on any atom is -0.492 e. The van der Waals surface area contributed by atoms with E-state index < -0.39 is 18.7 Å². The monoisotopic (exact) mass is 215 g/mol. The SMILES string of the molecule is N#CC(COc1ccccc1)C(F)(F)F. The molecular formula is C10H8F3NO. The molecule has 0 heterocycles. The smallest absolute Gasteiger partial charge is 0.407 e. The molecule has 0 saturated heterocycles. The van der Waals surface area contributed by atoms with Crippen molar-refractivity contribution in [3.05, 3.63) is 30.3 Å². The van der Waals surface area contributed by atoms with Crippen LogP contribution >= 0.6 is 0 Å². The minimum atomic E-state index is -4.54. The number of ether oxygens (including phenoxy) is 1. The number of nitrogens with zero attached hydrogens (tertiary/aromatic N) is 1. The summed E-state index contributed by atoms with van der Waals surface area (Å²) >= 11 is 0. The third kappa shape index (κ3) is 3.50. The maximum absolute atomic E-state index is 12.1. The Balaban J connectivity index is 2.54. The first kappa shape index (κ1) is 11.4. The summed E-state index contributed by atoms with van der Waals surface area (Å²) in [4.78, 5) is 0. The van der Waals surface area contributed by atoms with Crippen LogP contribution in [-0.2, 0) is 0 Å². The molecule has 0 aliphatic rings. The van der Waals surface area contributed by atoms with Crippen molar-refractivity contribution in [2.75, 3.05) is 6.61 Å². The Hall–Kier alpha value is -1.70. The molecule has 0 aromatic heterocycles. The Morgan fingerprint density at radius 3 is 2.33 bits per heavy atom. The summed E-state index contributed by atoms with van der Waals surface area (Å²) in [6, 6.07) is 9.23. The number of rotatable bonds is 3. The van der Waals surface area contributed by atoms with Gasteiger partial charge in [0, 0.05) is 0 Å². The van der Waals surface area contributed by atoms with Gasteiger partial charge in [-0.1, -0.05) is 18.2 Å². The van der Waals surface area contributed by atoms with Crippen molar-refractivity contribution in [2.24, 2.45) is 5.92 Å². The van der Waals surface area contributed by atoms with Gasteiger partial charge in [0.2, 0.25) is 0 Å². The van der Waals surface area contributed by atoms with Crippen LogP contribution < -0.4 is 4.74 Å². The largest absolute Gasteiger partial charge is 0.492 e. The van der Waals surface area contributed by atoms with Crippen molar-refractivity contribution in [3.8, 4) is 11.8 Å². The predicted octanol–water partition coefficient (Wildman–Crippen LogP) is 2.77. The van der Waals surface area contributed by atoms with Crippen LogP contribution in [0, 0.1) is 17.2 Å². The highest BCUT2D eigenvalue weighted by molar-refractivity contribution is 5.21. The van der Waals surface area contributed by atoms with Gasteiger partial charge in [-0.2, -0.15) is 18.4 Å². The van der Waals surface area contributed by atoms with E-state index in [9.17, 15) is 13.2 Å². The van der Waals surface area contributed by atoms with Gasteiger partial charge in [0.15, 0.2) is 5.92 Å².